The summed E-state index contributed by atoms with van der Waals surface area (Å²) < 4.78 is 7.34. The Kier molecular flexibility index (Phi) is 5.35. The molecule has 0 aliphatic rings. The fourth-order valence-corrected chi connectivity index (χ4v) is 2.70. The number of carbonyl (C=O) groups excluding carboxylic acids is 1. The Labute approximate surface area is 152 Å². The summed E-state index contributed by atoms with van der Waals surface area (Å²) in [6.45, 7) is 2.98. The van der Waals surface area contributed by atoms with E-state index in [-0.39, 0.29) is 5.91 Å². The molecule has 0 unspecified atom stereocenters. The molecule has 1 heterocycles. The highest BCUT2D eigenvalue weighted by atomic mass is 16.5. The standard InChI is InChI=1S/C21H19N3O2/c1-3-13-24-15-17(19-7-5-6-8-20(19)24)14-22-23-21(25)16-9-11-18(12-10-16)26-4-2/h1,5-12,14-15H,4,13H2,2H3,(H,23,25)/b22-14+. The molecule has 26 heavy (non-hydrogen) atoms. The van der Waals surface area contributed by atoms with Crippen LogP contribution in [0.5, 0.6) is 5.75 Å². The molecule has 0 bridgehead atoms. The van der Waals surface area contributed by atoms with Crippen molar-refractivity contribution in [2.75, 3.05) is 6.61 Å². The van der Waals surface area contributed by atoms with Crippen molar-refractivity contribution >= 4 is 23.0 Å². The molecule has 0 aliphatic carbocycles. The summed E-state index contributed by atoms with van der Waals surface area (Å²) in [6.07, 6.45) is 8.98. The van der Waals surface area contributed by atoms with Gasteiger partial charge in [0.25, 0.3) is 5.91 Å². The zero-order chi connectivity index (χ0) is 18.4. The van der Waals surface area contributed by atoms with Gasteiger partial charge in [-0.3, -0.25) is 4.79 Å². The predicted octanol–water partition coefficient (Wildman–Crippen LogP) is 3.44. The SMILES string of the molecule is C#CCn1cc(/C=N/NC(=O)c2ccc(OCC)cc2)c2ccccc21. The number of nitrogens with zero attached hydrogens (tertiary/aromatic N) is 2. The molecule has 0 saturated heterocycles. The van der Waals surface area contributed by atoms with Crippen molar-refractivity contribution in [3.05, 3.63) is 65.9 Å². The van der Waals surface area contributed by atoms with E-state index in [1.54, 1.807) is 30.5 Å². The van der Waals surface area contributed by atoms with Crippen LogP contribution in [0.2, 0.25) is 0 Å². The van der Waals surface area contributed by atoms with E-state index in [4.69, 9.17) is 11.2 Å². The molecule has 0 saturated carbocycles. The number of hydrogen-bond donors (Lipinski definition) is 1. The Bertz CT molecular complexity index is 979. The minimum atomic E-state index is -0.281. The molecule has 0 atom stereocenters. The smallest absolute Gasteiger partial charge is 0.271 e. The largest absolute Gasteiger partial charge is 0.494 e. The molecule has 0 aliphatic heterocycles. The quantitative estimate of drug-likeness (QED) is 0.423. The lowest BCUT2D eigenvalue weighted by atomic mass is 10.2. The second-order valence-electron chi connectivity index (χ2n) is 5.59. The Morgan fingerprint density at radius 3 is 2.77 bits per heavy atom. The fourth-order valence-electron chi connectivity index (χ4n) is 2.70. The average Bonchev–Trinajstić information content (AvgIpc) is 3.01. The van der Waals surface area contributed by atoms with Gasteiger partial charge in [0, 0.05) is 28.2 Å². The number of fused-ring (bicyclic) bond motifs is 1. The van der Waals surface area contributed by atoms with Gasteiger partial charge < -0.3 is 9.30 Å². The normalized spacial score (nSPS) is 10.8. The van der Waals surface area contributed by atoms with E-state index in [0.717, 1.165) is 22.2 Å². The number of carbonyl (C=O) groups is 1. The highest BCUT2D eigenvalue weighted by molar-refractivity contribution is 6.00. The number of para-hydroxylation sites is 1. The first-order chi connectivity index (χ1) is 12.7. The summed E-state index contributed by atoms with van der Waals surface area (Å²) in [5.41, 5.74) is 4.98. The lowest BCUT2D eigenvalue weighted by Crippen LogP contribution is -2.17. The number of aromatic nitrogens is 1. The highest BCUT2D eigenvalue weighted by Crippen LogP contribution is 2.19. The lowest BCUT2D eigenvalue weighted by Gasteiger charge is -2.03. The molecule has 0 spiro atoms. The van der Waals surface area contributed by atoms with E-state index in [2.05, 4.69) is 16.4 Å². The van der Waals surface area contributed by atoms with Crippen LogP contribution in [0.3, 0.4) is 0 Å². The van der Waals surface area contributed by atoms with Crippen LogP contribution in [-0.2, 0) is 6.54 Å². The minimum absolute atomic E-state index is 0.281. The number of hydrazone groups is 1. The van der Waals surface area contributed by atoms with Crippen LogP contribution in [0.25, 0.3) is 10.9 Å². The van der Waals surface area contributed by atoms with Crippen molar-refractivity contribution in [2.45, 2.75) is 13.5 Å². The summed E-state index contributed by atoms with van der Waals surface area (Å²) in [5.74, 6) is 3.09. The van der Waals surface area contributed by atoms with Gasteiger partial charge in [-0.15, -0.1) is 6.42 Å². The number of benzene rings is 2. The second kappa shape index (κ2) is 8.04. The monoisotopic (exact) mass is 345 g/mol. The van der Waals surface area contributed by atoms with Crippen molar-refractivity contribution in [1.82, 2.24) is 9.99 Å². The maximum Gasteiger partial charge on any atom is 0.271 e. The second-order valence-corrected chi connectivity index (χ2v) is 5.59. The van der Waals surface area contributed by atoms with Crippen LogP contribution >= 0.6 is 0 Å². The van der Waals surface area contributed by atoms with Gasteiger partial charge in [-0.2, -0.15) is 5.10 Å². The van der Waals surface area contributed by atoms with Crippen molar-refractivity contribution < 1.29 is 9.53 Å². The van der Waals surface area contributed by atoms with Gasteiger partial charge in [-0.05, 0) is 37.3 Å². The van der Waals surface area contributed by atoms with Gasteiger partial charge in [0.1, 0.15) is 5.75 Å². The Morgan fingerprint density at radius 2 is 2.04 bits per heavy atom. The molecular weight excluding hydrogens is 326 g/mol. The molecular formula is C21H19N3O2. The first-order valence-corrected chi connectivity index (χ1v) is 8.30. The topological polar surface area (TPSA) is 55.6 Å². The van der Waals surface area contributed by atoms with E-state index >= 15 is 0 Å². The highest BCUT2D eigenvalue weighted by Gasteiger charge is 2.07. The molecule has 130 valence electrons. The van der Waals surface area contributed by atoms with Gasteiger partial charge in [-0.25, -0.2) is 5.43 Å². The van der Waals surface area contributed by atoms with Gasteiger partial charge >= 0.3 is 0 Å². The number of nitrogens with one attached hydrogen (secondary N) is 1. The zero-order valence-electron chi connectivity index (χ0n) is 14.5. The van der Waals surface area contributed by atoms with Gasteiger partial charge in [0.15, 0.2) is 0 Å². The third-order valence-corrected chi connectivity index (χ3v) is 3.88. The number of hydrogen-bond acceptors (Lipinski definition) is 3. The van der Waals surface area contributed by atoms with Crippen LogP contribution in [0.4, 0.5) is 0 Å². The van der Waals surface area contributed by atoms with Crippen LogP contribution in [0, 0.1) is 12.3 Å². The van der Waals surface area contributed by atoms with Crippen LogP contribution < -0.4 is 10.2 Å². The van der Waals surface area contributed by atoms with E-state index in [0.29, 0.717) is 18.7 Å². The van der Waals surface area contributed by atoms with Gasteiger partial charge in [0.05, 0.1) is 19.4 Å². The number of terminal acetylenes is 1. The Balaban J connectivity index is 1.73. The predicted molar refractivity (Wildman–Crippen MR) is 103 cm³/mol. The first-order valence-electron chi connectivity index (χ1n) is 8.30. The maximum atomic E-state index is 12.2. The molecule has 1 aromatic heterocycles. The molecule has 0 fully saturated rings. The van der Waals surface area contributed by atoms with Gasteiger partial charge in [-0.1, -0.05) is 24.1 Å². The van der Waals surface area contributed by atoms with E-state index in [9.17, 15) is 4.79 Å². The third-order valence-electron chi connectivity index (χ3n) is 3.88. The molecule has 3 rings (SSSR count). The summed E-state index contributed by atoms with van der Waals surface area (Å²) in [7, 11) is 0. The molecule has 1 amide bonds. The van der Waals surface area contributed by atoms with Gasteiger partial charge in [0.2, 0.25) is 0 Å². The van der Waals surface area contributed by atoms with Crippen LogP contribution in [-0.4, -0.2) is 23.3 Å². The van der Waals surface area contributed by atoms with Crippen molar-refractivity contribution in [1.29, 1.82) is 0 Å². The van der Waals surface area contributed by atoms with Crippen LogP contribution in [0.15, 0.2) is 59.8 Å². The lowest BCUT2D eigenvalue weighted by molar-refractivity contribution is 0.0955. The average molecular weight is 345 g/mol. The molecule has 5 nitrogen and oxygen atoms in total. The van der Waals surface area contributed by atoms with Crippen molar-refractivity contribution in [3.63, 3.8) is 0 Å². The minimum Gasteiger partial charge on any atom is -0.494 e. The van der Waals surface area contributed by atoms with Crippen LogP contribution in [0.1, 0.15) is 22.8 Å². The van der Waals surface area contributed by atoms with E-state index in [1.165, 1.54) is 0 Å². The molecule has 2 aromatic carbocycles. The van der Waals surface area contributed by atoms with E-state index in [1.807, 2.05) is 42.0 Å². The number of rotatable bonds is 6. The number of ether oxygens (including phenoxy) is 1. The zero-order valence-corrected chi connectivity index (χ0v) is 14.5. The van der Waals surface area contributed by atoms with E-state index < -0.39 is 0 Å². The summed E-state index contributed by atoms with van der Waals surface area (Å²) in [4.78, 5) is 12.2. The van der Waals surface area contributed by atoms with Crippen molar-refractivity contribution in [3.8, 4) is 18.1 Å². The number of amides is 1. The Hall–Kier alpha value is -3.52. The third kappa shape index (κ3) is 3.76. The molecule has 1 N–H and O–H groups in total. The summed E-state index contributed by atoms with van der Waals surface area (Å²) in [5, 5.41) is 5.11. The summed E-state index contributed by atoms with van der Waals surface area (Å²) in [6, 6.07) is 14.8. The maximum absolute atomic E-state index is 12.2. The molecule has 5 heteroatoms. The molecule has 0 radical (unpaired) electrons. The Morgan fingerprint density at radius 1 is 1.27 bits per heavy atom. The molecule has 3 aromatic rings. The first kappa shape index (κ1) is 17.3. The summed E-state index contributed by atoms with van der Waals surface area (Å²) >= 11 is 0. The van der Waals surface area contributed by atoms with Crippen molar-refractivity contribution in [2.24, 2.45) is 5.10 Å². The fraction of sp³-hybridized carbons (Fsp3) is 0.143.